The van der Waals surface area contributed by atoms with Gasteiger partial charge in [0.25, 0.3) is 0 Å². The zero-order valence-corrected chi connectivity index (χ0v) is 12.1. The Bertz CT molecular complexity index is 660. The first-order chi connectivity index (χ1) is 9.40. The molecule has 0 radical (unpaired) electrons. The molecule has 0 bridgehead atoms. The lowest BCUT2D eigenvalue weighted by molar-refractivity contribution is -0.136. The average Bonchev–Trinajstić information content (AvgIpc) is 2.40. The smallest absolute Gasteiger partial charge is 0.407 e. The summed E-state index contributed by atoms with van der Waals surface area (Å²) < 4.78 is 44.8. The van der Waals surface area contributed by atoms with Crippen molar-refractivity contribution in [2.45, 2.75) is 6.18 Å². The van der Waals surface area contributed by atoms with Crippen LogP contribution < -0.4 is 4.74 Å². The van der Waals surface area contributed by atoms with Gasteiger partial charge in [-0.3, -0.25) is 0 Å². The zero-order valence-electron chi connectivity index (χ0n) is 9.91. The van der Waals surface area contributed by atoms with Crippen molar-refractivity contribution in [3.63, 3.8) is 0 Å². The van der Waals surface area contributed by atoms with Crippen molar-refractivity contribution >= 4 is 28.3 Å². The maximum absolute atomic E-state index is 12.8. The summed E-state index contributed by atoms with van der Waals surface area (Å²) in [5.74, 6) is 0.486. The number of hydrogen-bond acceptors (Lipinski definition) is 1. The van der Waals surface area contributed by atoms with E-state index in [-0.39, 0.29) is 5.75 Å². The van der Waals surface area contributed by atoms with Crippen LogP contribution in [0.25, 0.3) is 4.85 Å². The number of halogens is 4. The average molecular weight is 389 g/mol. The van der Waals surface area contributed by atoms with Crippen LogP contribution in [0.3, 0.4) is 0 Å². The molecule has 0 aromatic heterocycles. The molecular formula is C14H7F3INO. The number of ether oxygens (including phenoxy) is 1. The van der Waals surface area contributed by atoms with Crippen LogP contribution in [0, 0.1) is 10.1 Å². The van der Waals surface area contributed by atoms with Gasteiger partial charge in [-0.25, -0.2) is 4.85 Å². The van der Waals surface area contributed by atoms with E-state index in [2.05, 4.69) is 27.4 Å². The van der Waals surface area contributed by atoms with Crippen LogP contribution in [0.1, 0.15) is 5.56 Å². The fraction of sp³-hybridized carbons (Fsp3) is 0.0714. The van der Waals surface area contributed by atoms with Crippen LogP contribution in [0.5, 0.6) is 11.5 Å². The van der Waals surface area contributed by atoms with Gasteiger partial charge in [-0.2, -0.15) is 13.2 Å². The SMILES string of the molecule is [C-]#[N+]c1ccc(Oc2ccc(I)cc2)cc1C(F)(F)F. The lowest BCUT2D eigenvalue weighted by Crippen LogP contribution is -2.05. The second kappa shape index (κ2) is 5.71. The molecule has 0 heterocycles. The van der Waals surface area contributed by atoms with Gasteiger partial charge < -0.3 is 4.74 Å². The van der Waals surface area contributed by atoms with Crippen molar-refractivity contribution in [2.24, 2.45) is 0 Å². The molecule has 102 valence electrons. The van der Waals surface area contributed by atoms with Gasteiger partial charge in [0.15, 0.2) is 5.69 Å². The summed E-state index contributed by atoms with van der Waals surface area (Å²) in [4.78, 5) is 2.87. The van der Waals surface area contributed by atoms with E-state index in [0.717, 1.165) is 15.7 Å². The second-order valence-electron chi connectivity index (χ2n) is 3.84. The topological polar surface area (TPSA) is 13.6 Å². The molecule has 0 unspecified atom stereocenters. The summed E-state index contributed by atoms with van der Waals surface area (Å²) in [6, 6.07) is 10.2. The minimum atomic E-state index is -4.58. The largest absolute Gasteiger partial charge is 0.457 e. The summed E-state index contributed by atoms with van der Waals surface area (Å²) >= 11 is 2.12. The number of nitrogens with zero attached hydrogens (tertiary/aromatic N) is 1. The predicted octanol–water partition coefficient (Wildman–Crippen LogP) is 5.65. The van der Waals surface area contributed by atoms with E-state index in [9.17, 15) is 13.2 Å². The third-order valence-corrected chi connectivity index (χ3v) is 3.16. The second-order valence-corrected chi connectivity index (χ2v) is 5.09. The Labute approximate surface area is 127 Å². The van der Waals surface area contributed by atoms with E-state index in [0.29, 0.717) is 5.75 Å². The number of rotatable bonds is 2. The minimum absolute atomic E-state index is 0.0472. The van der Waals surface area contributed by atoms with Crippen molar-refractivity contribution in [1.29, 1.82) is 0 Å². The highest BCUT2D eigenvalue weighted by Gasteiger charge is 2.33. The maximum Gasteiger partial charge on any atom is 0.407 e. The molecule has 0 saturated heterocycles. The van der Waals surface area contributed by atoms with Crippen molar-refractivity contribution < 1.29 is 17.9 Å². The Morgan fingerprint density at radius 2 is 1.60 bits per heavy atom. The van der Waals surface area contributed by atoms with Crippen LogP contribution in [0.4, 0.5) is 18.9 Å². The third-order valence-electron chi connectivity index (χ3n) is 2.44. The normalized spacial score (nSPS) is 10.9. The highest BCUT2D eigenvalue weighted by Crippen LogP contribution is 2.39. The van der Waals surface area contributed by atoms with Gasteiger partial charge in [0.1, 0.15) is 11.5 Å². The number of alkyl halides is 3. The van der Waals surface area contributed by atoms with Gasteiger partial charge in [-0.15, -0.1) is 0 Å². The first-order valence-corrected chi connectivity index (χ1v) is 6.50. The molecule has 0 aliphatic rings. The molecule has 2 aromatic rings. The molecular weight excluding hydrogens is 382 g/mol. The first-order valence-electron chi connectivity index (χ1n) is 5.42. The highest BCUT2D eigenvalue weighted by molar-refractivity contribution is 14.1. The molecule has 2 aromatic carbocycles. The molecule has 2 rings (SSSR count). The predicted molar refractivity (Wildman–Crippen MR) is 76.9 cm³/mol. The Hall–Kier alpha value is -1.75. The van der Waals surface area contributed by atoms with E-state index >= 15 is 0 Å². The summed E-state index contributed by atoms with van der Waals surface area (Å²) in [5, 5.41) is 0. The van der Waals surface area contributed by atoms with Crippen molar-refractivity contribution in [2.75, 3.05) is 0 Å². The molecule has 0 aliphatic carbocycles. The van der Waals surface area contributed by atoms with E-state index < -0.39 is 17.4 Å². The summed E-state index contributed by atoms with van der Waals surface area (Å²) in [6.45, 7) is 6.76. The van der Waals surface area contributed by atoms with Gasteiger partial charge in [-0.1, -0.05) is 6.07 Å². The molecule has 0 saturated carbocycles. The molecule has 0 N–H and O–H groups in total. The molecule has 0 aliphatic heterocycles. The lowest BCUT2D eigenvalue weighted by atomic mass is 10.1. The van der Waals surface area contributed by atoms with Crippen molar-refractivity contribution in [3.05, 3.63) is 63.0 Å². The van der Waals surface area contributed by atoms with Crippen molar-refractivity contribution in [1.82, 2.24) is 0 Å². The van der Waals surface area contributed by atoms with Gasteiger partial charge in [0.2, 0.25) is 0 Å². The van der Waals surface area contributed by atoms with Gasteiger partial charge in [0, 0.05) is 3.57 Å². The van der Waals surface area contributed by atoms with E-state index in [1.165, 1.54) is 6.07 Å². The van der Waals surface area contributed by atoms with E-state index in [1.807, 2.05) is 0 Å². The van der Waals surface area contributed by atoms with Crippen LogP contribution in [-0.2, 0) is 6.18 Å². The fourth-order valence-electron chi connectivity index (χ4n) is 1.54. The van der Waals surface area contributed by atoms with Gasteiger partial charge in [0.05, 0.1) is 12.1 Å². The standard InChI is InChI=1S/C14H7F3INO/c1-19-13-7-6-11(8-12(13)14(15,16)17)20-10-4-2-9(18)3-5-10/h2-8H. The number of hydrogen-bond donors (Lipinski definition) is 0. The van der Waals surface area contributed by atoms with Gasteiger partial charge >= 0.3 is 6.18 Å². The Morgan fingerprint density at radius 3 is 2.15 bits per heavy atom. The third kappa shape index (κ3) is 3.42. The number of benzene rings is 2. The van der Waals surface area contributed by atoms with E-state index in [1.54, 1.807) is 24.3 Å². The molecule has 2 nitrogen and oxygen atoms in total. The van der Waals surface area contributed by atoms with Crippen molar-refractivity contribution in [3.8, 4) is 11.5 Å². The molecule has 0 spiro atoms. The zero-order chi connectivity index (χ0) is 14.8. The Balaban J connectivity index is 2.34. The Morgan fingerprint density at radius 1 is 1.00 bits per heavy atom. The van der Waals surface area contributed by atoms with Gasteiger partial charge in [-0.05, 0) is 59.0 Å². The summed E-state index contributed by atoms with van der Waals surface area (Å²) in [7, 11) is 0. The first kappa shape index (κ1) is 14.7. The minimum Gasteiger partial charge on any atom is -0.457 e. The molecule has 6 heteroatoms. The summed E-state index contributed by atoms with van der Waals surface area (Å²) in [6.07, 6.45) is -4.58. The van der Waals surface area contributed by atoms with Crippen LogP contribution in [0.2, 0.25) is 0 Å². The maximum atomic E-state index is 12.8. The monoisotopic (exact) mass is 389 g/mol. The lowest BCUT2D eigenvalue weighted by Gasteiger charge is -2.12. The van der Waals surface area contributed by atoms with Crippen LogP contribution >= 0.6 is 22.6 Å². The molecule has 0 atom stereocenters. The molecule has 20 heavy (non-hydrogen) atoms. The molecule has 0 amide bonds. The highest BCUT2D eigenvalue weighted by atomic mass is 127. The quantitative estimate of drug-likeness (QED) is 0.478. The molecule has 0 fully saturated rings. The van der Waals surface area contributed by atoms with E-state index in [4.69, 9.17) is 11.3 Å². The fourth-order valence-corrected chi connectivity index (χ4v) is 1.90. The van der Waals surface area contributed by atoms with Crippen LogP contribution in [0.15, 0.2) is 42.5 Å². The Kier molecular flexibility index (Phi) is 4.18. The van der Waals surface area contributed by atoms with Crippen LogP contribution in [-0.4, -0.2) is 0 Å². The summed E-state index contributed by atoms with van der Waals surface area (Å²) in [5.41, 5.74) is -1.43.